The van der Waals surface area contributed by atoms with Crippen LogP contribution in [0.4, 0.5) is 13.2 Å². The molecule has 0 aromatic heterocycles. The van der Waals surface area contributed by atoms with Gasteiger partial charge < -0.3 is 10.1 Å². The van der Waals surface area contributed by atoms with Crippen molar-refractivity contribution < 1.29 is 17.9 Å². The molecule has 1 heterocycles. The predicted molar refractivity (Wildman–Crippen MR) is 53.5 cm³/mol. The molecule has 2 rings (SSSR count). The summed E-state index contributed by atoms with van der Waals surface area (Å²) in [7, 11) is 0. The number of halogens is 3. The van der Waals surface area contributed by atoms with Gasteiger partial charge >= 0.3 is 6.36 Å². The molecule has 0 saturated carbocycles. The van der Waals surface area contributed by atoms with Crippen LogP contribution in [0, 0.1) is 6.92 Å². The molecule has 0 bridgehead atoms. The summed E-state index contributed by atoms with van der Waals surface area (Å²) in [6.07, 6.45) is -4.62. The molecular weight excluding hydrogens is 219 g/mol. The molecule has 1 saturated heterocycles. The normalized spacial score (nSPS) is 17.0. The lowest BCUT2D eigenvalue weighted by Crippen LogP contribution is -2.40. The average Bonchev–Trinajstić information content (AvgIpc) is 2.03. The van der Waals surface area contributed by atoms with Crippen molar-refractivity contribution in [3.8, 4) is 5.75 Å². The van der Waals surface area contributed by atoms with Crippen molar-refractivity contribution in [2.75, 3.05) is 13.1 Å². The minimum Gasteiger partial charge on any atom is -0.406 e. The van der Waals surface area contributed by atoms with E-state index in [0.717, 1.165) is 24.2 Å². The van der Waals surface area contributed by atoms with Crippen LogP contribution in [0.1, 0.15) is 17.0 Å². The maximum atomic E-state index is 12.0. The molecule has 0 amide bonds. The third-order valence-electron chi connectivity index (χ3n) is 2.70. The first-order valence-corrected chi connectivity index (χ1v) is 5.03. The Kier molecular flexibility index (Phi) is 2.80. The van der Waals surface area contributed by atoms with E-state index in [4.69, 9.17) is 0 Å². The van der Waals surface area contributed by atoms with E-state index in [1.165, 1.54) is 12.1 Å². The van der Waals surface area contributed by atoms with Gasteiger partial charge in [-0.15, -0.1) is 13.2 Å². The van der Waals surface area contributed by atoms with Crippen molar-refractivity contribution >= 4 is 0 Å². The first kappa shape index (κ1) is 11.3. The zero-order valence-corrected chi connectivity index (χ0v) is 8.77. The van der Waals surface area contributed by atoms with E-state index in [-0.39, 0.29) is 5.75 Å². The van der Waals surface area contributed by atoms with Gasteiger partial charge in [-0.3, -0.25) is 0 Å². The highest BCUT2D eigenvalue weighted by Crippen LogP contribution is 2.29. The van der Waals surface area contributed by atoms with Crippen LogP contribution in [0.15, 0.2) is 18.2 Å². The molecule has 0 unspecified atom stereocenters. The van der Waals surface area contributed by atoms with Crippen molar-refractivity contribution in [3.05, 3.63) is 29.3 Å². The van der Waals surface area contributed by atoms with Gasteiger partial charge in [0.15, 0.2) is 0 Å². The lowest BCUT2D eigenvalue weighted by Gasteiger charge is -2.29. The van der Waals surface area contributed by atoms with Gasteiger partial charge in [-0.05, 0) is 30.2 Å². The van der Waals surface area contributed by atoms with Gasteiger partial charge in [0, 0.05) is 19.0 Å². The van der Waals surface area contributed by atoms with Crippen molar-refractivity contribution in [2.24, 2.45) is 0 Å². The molecular formula is C11H12F3NO. The lowest BCUT2D eigenvalue weighted by molar-refractivity contribution is -0.274. The zero-order valence-electron chi connectivity index (χ0n) is 8.77. The van der Waals surface area contributed by atoms with Crippen LogP contribution in [0.5, 0.6) is 5.75 Å². The summed E-state index contributed by atoms with van der Waals surface area (Å²) in [6.45, 7) is 3.58. The quantitative estimate of drug-likeness (QED) is 0.844. The molecule has 1 aromatic rings. The van der Waals surface area contributed by atoms with Crippen molar-refractivity contribution in [3.63, 3.8) is 0 Å². The fourth-order valence-electron chi connectivity index (χ4n) is 1.81. The molecule has 1 fully saturated rings. The number of hydrogen-bond acceptors (Lipinski definition) is 2. The lowest BCUT2D eigenvalue weighted by atomic mass is 9.90. The van der Waals surface area contributed by atoms with Crippen molar-refractivity contribution in [1.29, 1.82) is 0 Å². The predicted octanol–water partition coefficient (Wildman–Crippen LogP) is 2.58. The first-order chi connectivity index (χ1) is 7.46. The van der Waals surface area contributed by atoms with Gasteiger partial charge in [0.05, 0.1) is 0 Å². The monoisotopic (exact) mass is 231 g/mol. The summed E-state index contributed by atoms with van der Waals surface area (Å²) in [5.74, 6) is 0.265. The largest absolute Gasteiger partial charge is 0.573 e. The highest BCUT2D eigenvalue weighted by atomic mass is 19.4. The summed E-state index contributed by atoms with van der Waals surface area (Å²) in [5.41, 5.74) is 1.93. The number of alkyl halides is 3. The fourth-order valence-corrected chi connectivity index (χ4v) is 1.81. The third kappa shape index (κ3) is 2.47. The molecule has 1 N–H and O–H groups in total. The maximum absolute atomic E-state index is 12.0. The maximum Gasteiger partial charge on any atom is 0.573 e. The van der Waals surface area contributed by atoms with E-state index in [1.54, 1.807) is 13.0 Å². The number of hydrogen-bond donors (Lipinski definition) is 1. The summed E-state index contributed by atoms with van der Waals surface area (Å²) in [6, 6.07) is 4.51. The topological polar surface area (TPSA) is 21.3 Å². The molecule has 1 aliphatic rings. The van der Waals surface area contributed by atoms with E-state index in [9.17, 15) is 13.2 Å². The van der Waals surface area contributed by atoms with Crippen LogP contribution in [0.2, 0.25) is 0 Å². The average molecular weight is 231 g/mol. The molecule has 0 aliphatic carbocycles. The summed E-state index contributed by atoms with van der Waals surface area (Å²) < 4.78 is 39.8. The second-order valence-electron chi connectivity index (χ2n) is 3.92. The van der Waals surface area contributed by atoms with Crippen molar-refractivity contribution in [1.82, 2.24) is 5.32 Å². The first-order valence-electron chi connectivity index (χ1n) is 5.03. The highest BCUT2D eigenvalue weighted by molar-refractivity contribution is 5.38. The molecule has 1 aromatic carbocycles. The Labute approximate surface area is 91.4 Å². The van der Waals surface area contributed by atoms with Crippen LogP contribution in [-0.2, 0) is 0 Å². The van der Waals surface area contributed by atoms with Gasteiger partial charge in [-0.2, -0.15) is 0 Å². The SMILES string of the molecule is Cc1cc(OC(F)(F)F)ccc1C1CNC1. The Morgan fingerprint density at radius 3 is 2.44 bits per heavy atom. The van der Waals surface area contributed by atoms with E-state index in [2.05, 4.69) is 10.1 Å². The van der Waals surface area contributed by atoms with Crippen LogP contribution in [0.3, 0.4) is 0 Å². The number of rotatable bonds is 2. The minimum atomic E-state index is -4.62. The van der Waals surface area contributed by atoms with E-state index >= 15 is 0 Å². The minimum absolute atomic E-state index is 0.152. The van der Waals surface area contributed by atoms with Gasteiger partial charge in [0.2, 0.25) is 0 Å². The standard InChI is InChI=1S/C11H12F3NO/c1-7-4-9(16-11(12,13)14)2-3-10(7)8-5-15-6-8/h2-4,8,15H,5-6H2,1H3. The zero-order chi connectivity index (χ0) is 11.8. The Bertz CT molecular complexity index is 385. The van der Waals surface area contributed by atoms with E-state index in [1.807, 2.05) is 0 Å². The van der Waals surface area contributed by atoms with Gasteiger partial charge in [-0.1, -0.05) is 6.07 Å². The molecule has 1 aliphatic heterocycles. The Morgan fingerprint density at radius 2 is 2.00 bits per heavy atom. The Balaban J connectivity index is 2.15. The molecule has 16 heavy (non-hydrogen) atoms. The number of ether oxygens (including phenoxy) is 1. The van der Waals surface area contributed by atoms with Crippen LogP contribution in [-0.4, -0.2) is 19.5 Å². The highest BCUT2D eigenvalue weighted by Gasteiger charge is 2.31. The van der Waals surface area contributed by atoms with Gasteiger partial charge in [-0.25, -0.2) is 0 Å². The molecule has 88 valence electrons. The van der Waals surface area contributed by atoms with Crippen LogP contribution in [0.25, 0.3) is 0 Å². The van der Waals surface area contributed by atoms with Gasteiger partial charge in [0.25, 0.3) is 0 Å². The molecule has 0 radical (unpaired) electrons. The number of benzene rings is 1. The van der Waals surface area contributed by atoms with Crippen molar-refractivity contribution in [2.45, 2.75) is 19.2 Å². The van der Waals surface area contributed by atoms with E-state index in [0.29, 0.717) is 5.92 Å². The number of nitrogens with one attached hydrogen (secondary N) is 1. The molecule has 0 atom stereocenters. The Morgan fingerprint density at radius 1 is 1.31 bits per heavy atom. The van der Waals surface area contributed by atoms with Gasteiger partial charge in [0.1, 0.15) is 5.75 Å². The van der Waals surface area contributed by atoms with E-state index < -0.39 is 6.36 Å². The molecule has 5 heteroatoms. The second-order valence-corrected chi connectivity index (χ2v) is 3.92. The van der Waals surface area contributed by atoms with Crippen LogP contribution < -0.4 is 10.1 Å². The Hall–Kier alpha value is -1.23. The fraction of sp³-hybridized carbons (Fsp3) is 0.455. The molecule has 0 spiro atoms. The summed E-state index contributed by atoms with van der Waals surface area (Å²) in [4.78, 5) is 0. The van der Waals surface area contributed by atoms with Crippen LogP contribution >= 0.6 is 0 Å². The second kappa shape index (κ2) is 3.97. The molecule has 2 nitrogen and oxygen atoms in total. The number of aryl methyl sites for hydroxylation is 1. The third-order valence-corrected chi connectivity index (χ3v) is 2.70. The summed E-state index contributed by atoms with van der Waals surface area (Å²) >= 11 is 0. The summed E-state index contributed by atoms with van der Waals surface area (Å²) in [5, 5.41) is 3.13. The smallest absolute Gasteiger partial charge is 0.406 e.